The van der Waals surface area contributed by atoms with E-state index in [9.17, 15) is 4.79 Å². The number of Topliss-reactive ketones (excluding diaryl/α,β-unsaturated/α-hetero) is 1. The maximum Gasteiger partial charge on any atom is 0.155 e. The number of nitrogens with one attached hydrogen (secondary N) is 1. The highest BCUT2D eigenvalue weighted by Crippen LogP contribution is 1.62. The highest BCUT2D eigenvalue weighted by atomic mass is 16.3. The lowest BCUT2D eigenvalue weighted by Gasteiger charge is -1.72. The minimum atomic E-state index is -0.333. The molecule has 0 aliphatic rings. The fraction of sp³-hybridized carbons (Fsp3) is 0.333. The van der Waals surface area contributed by atoms with Crippen LogP contribution in [0.3, 0.4) is 0 Å². The number of rotatable bonds is 1. The van der Waals surface area contributed by atoms with E-state index < -0.39 is 0 Å². The molecule has 1 heterocycles. The Morgan fingerprint density at radius 1 is 1.80 bits per heavy atom. The first-order valence-electron chi connectivity index (χ1n) is 2.80. The monoisotopic (exact) mass is 142 g/mol. The zero-order valence-corrected chi connectivity index (χ0v) is 5.74. The summed E-state index contributed by atoms with van der Waals surface area (Å²) in [5.41, 5.74) is 0. The van der Waals surface area contributed by atoms with Gasteiger partial charge in [-0.2, -0.15) is 0 Å². The molecule has 0 atom stereocenters. The second kappa shape index (κ2) is 5.97. The molecule has 1 aromatic rings. The molecular formula is C6H10N2O2. The Hall–Kier alpha value is -1.16. The molecule has 0 spiro atoms. The molecule has 1 rings (SSSR count). The third kappa shape index (κ3) is 6.84. The van der Waals surface area contributed by atoms with Crippen LogP contribution in [0.5, 0.6) is 0 Å². The molecule has 0 aromatic carbocycles. The lowest BCUT2D eigenvalue weighted by atomic mass is 10.5. The number of carbonyl (C=O) groups is 1. The van der Waals surface area contributed by atoms with E-state index in [1.165, 1.54) is 6.92 Å². The Kier molecular flexibility index (Phi) is 5.28. The molecule has 0 radical (unpaired) electrons. The van der Waals surface area contributed by atoms with Crippen molar-refractivity contribution in [3.63, 3.8) is 0 Å². The van der Waals surface area contributed by atoms with Crippen molar-refractivity contribution in [2.24, 2.45) is 0 Å². The molecule has 0 saturated heterocycles. The van der Waals surface area contributed by atoms with Crippen LogP contribution in [0.15, 0.2) is 18.7 Å². The van der Waals surface area contributed by atoms with Crippen LogP contribution in [0, 0.1) is 0 Å². The average Bonchev–Trinajstić information content (AvgIpc) is 2.43. The number of aliphatic hydroxyl groups excluding tert-OH is 1. The number of aliphatic hydroxyl groups is 1. The van der Waals surface area contributed by atoms with Crippen molar-refractivity contribution < 1.29 is 9.90 Å². The minimum Gasteiger partial charge on any atom is -0.389 e. The van der Waals surface area contributed by atoms with Crippen LogP contribution in [-0.2, 0) is 4.79 Å². The molecule has 0 fully saturated rings. The number of carbonyl (C=O) groups excluding carboxylic acids is 1. The Bertz CT molecular complexity index is 143. The Labute approximate surface area is 58.9 Å². The van der Waals surface area contributed by atoms with Gasteiger partial charge in [-0.25, -0.2) is 4.98 Å². The van der Waals surface area contributed by atoms with Gasteiger partial charge in [-0.05, 0) is 6.92 Å². The van der Waals surface area contributed by atoms with E-state index in [0.29, 0.717) is 0 Å². The highest BCUT2D eigenvalue weighted by molar-refractivity contribution is 5.76. The topological polar surface area (TPSA) is 66.0 Å². The SMILES string of the molecule is CC(=O)CO.c1c[nH]cn1. The molecule has 4 nitrogen and oxygen atoms in total. The van der Waals surface area contributed by atoms with E-state index in [-0.39, 0.29) is 12.4 Å². The van der Waals surface area contributed by atoms with Crippen LogP contribution >= 0.6 is 0 Å². The summed E-state index contributed by atoms with van der Waals surface area (Å²) in [6.45, 7) is 1.000. The number of imidazole rings is 1. The van der Waals surface area contributed by atoms with Crippen molar-refractivity contribution in [1.82, 2.24) is 9.97 Å². The van der Waals surface area contributed by atoms with Crippen molar-refractivity contribution >= 4 is 5.78 Å². The van der Waals surface area contributed by atoms with Crippen LogP contribution in [0.1, 0.15) is 6.92 Å². The second-order valence-electron chi connectivity index (χ2n) is 1.62. The second-order valence-corrected chi connectivity index (χ2v) is 1.62. The molecular weight excluding hydrogens is 132 g/mol. The molecule has 10 heavy (non-hydrogen) atoms. The van der Waals surface area contributed by atoms with Gasteiger partial charge in [-0.1, -0.05) is 0 Å². The molecule has 0 saturated carbocycles. The number of hydrogen-bond donors (Lipinski definition) is 2. The van der Waals surface area contributed by atoms with Gasteiger partial charge in [-0.3, -0.25) is 4.79 Å². The fourth-order valence-electron chi connectivity index (χ4n) is 0.215. The van der Waals surface area contributed by atoms with Crippen molar-refractivity contribution in [3.05, 3.63) is 18.7 Å². The number of hydrogen-bond acceptors (Lipinski definition) is 3. The number of H-pyrrole nitrogens is 1. The van der Waals surface area contributed by atoms with Gasteiger partial charge in [0.15, 0.2) is 5.78 Å². The van der Waals surface area contributed by atoms with Gasteiger partial charge >= 0.3 is 0 Å². The lowest BCUT2D eigenvalue weighted by Crippen LogP contribution is -1.93. The molecule has 0 bridgehead atoms. The van der Waals surface area contributed by atoms with Gasteiger partial charge in [0.25, 0.3) is 0 Å². The number of aromatic amines is 1. The molecule has 4 heteroatoms. The third-order valence-corrected chi connectivity index (χ3v) is 0.629. The van der Waals surface area contributed by atoms with E-state index in [2.05, 4.69) is 9.97 Å². The van der Waals surface area contributed by atoms with Crippen LogP contribution in [-0.4, -0.2) is 27.5 Å². The minimum absolute atomic E-state index is 0.190. The number of ketones is 1. The van der Waals surface area contributed by atoms with Crippen LogP contribution in [0.4, 0.5) is 0 Å². The predicted octanol–water partition coefficient (Wildman–Crippen LogP) is -0.0226. The quantitative estimate of drug-likeness (QED) is 0.579. The summed E-state index contributed by atoms with van der Waals surface area (Å²) in [4.78, 5) is 16.0. The summed E-state index contributed by atoms with van der Waals surface area (Å²) in [6.07, 6.45) is 5.08. The van der Waals surface area contributed by atoms with Crippen molar-refractivity contribution in [3.8, 4) is 0 Å². The Morgan fingerprint density at radius 3 is 2.50 bits per heavy atom. The van der Waals surface area contributed by atoms with E-state index >= 15 is 0 Å². The van der Waals surface area contributed by atoms with Gasteiger partial charge in [0.1, 0.15) is 6.61 Å². The molecule has 0 unspecified atom stereocenters. The zero-order valence-electron chi connectivity index (χ0n) is 5.74. The van der Waals surface area contributed by atoms with Gasteiger partial charge in [0.05, 0.1) is 6.33 Å². The first-order chi connectivity index (χ1) is 4.77. The van der Waals surface area contributed by atoms with E-state index in [0.717, 1.165) is 0 Å². The summed E-state index contributed by atoms with van der Waals surface area (Å²) in [5, 5.41) is 7.79. The molecule has 0 aliphatic carbocycles. The standard InChI is InChI=1S/C3H4N2.C3H6O2/c1-2-5-3-4-1;1-3(5)2-4/h1-3H,(H,4,5);4H,2H2,1H3. The normalized spacial score (nSPS) is 7.80. The lowest BCUT2D eigenvalue weighted by molar-refractivity contribution is -0.119. The van der Waals surface area contributed by atoms with Gasteiger partial charge in [0, 0.05) is 12.4 Å². The summed E-state index contributed by atoms with van der Waals surface area (Å²) < 4.78 is 0. The molecule has 0 aliphatic heterocycles. The maximum atomic E-state index is 9.56. The van der Waals surface area contributed by atoms with Crippen LogP contribution in [0.25, 0.3) is 0 Å². The summed E-state index contributed by atoms with van der Waals surface area (Å²) in [5.74, 6) is -0.190. The van der Waals surface area contributed by atoms with Crippen molar-refractivity contribution in [2.45, 2.75) is 6.92 Å². The first kappa shape index (κ1) is 8.84. The van der Waals surface area contributed by atoms with Crippen LogP contribution in [0.2, 0.25) is 0 Å². The third-order valence-electron chi connectivity index (χ3n) is 0.629. The Balaban J connectivity index is 0.000000162. The fourth-order valence-corrected chi connectivity index (χ4v) is 0.215. The van der Waals surface area contributed by atoms with E-state index in [1.807, 2.05) is 0 Å². The summed E-state index contributed by atoms with van der Waals surface area (Å²) >= 11 is 0. The van der Waals surface area contributed by atoms with Crippen molar-refractivity contribution in [1.29, 1.82) is 0 Å². The molecule has 2 N–H and O–H groups in total. The maximum absolute atomic E-state index is 9.56. The summed E-state index contributed by atoms with van der Waals surface area (Å²) in [7, 11) is 0. The molecule has 1 aromatic heterocycles. The highest BCUT2D eigenvalue weighted by Gasteiger charge is 1.78. The number of nitrogens with zero attached hydrogens (tertiary/aromatic N) is 1. The van der Waals surface area contributed by atoms with Gasteiger partial charge in [0.2, 0.25) is 0 Å². The predicted molar refractivity (Wildman–Crippen MR) is 36.4 cm³/mol. The molecule has 56 valence electrons. The first-order valence-corrected chi connectivity index (χ1v) is 2.80. The van der Waals surface area contributed by atoms with Gasteiger partial charge in [-0.15, -0.1) is 0 Å². The largest absolute Gasteiger partial charge is 0.389 e. The van der Waals surface area contributed by atoms with Crippen LogP contribution < -0.4 is 0 Å². The average molecular weight is 142 g/mol. The Morgan fingerprint density at radius 2 is 2.40 bits per heavy atom. The van der Waals surface area contributed by atoms with E-state index in [4.69, 9.17) is 5.11 Å². The zero-order chi connectivity index (χ0) is 7.82. The van der Waals surface area contributed by atoms with Gasteiger partial charge < -0.3 is 10.1 Å². The smallest absolute Gasteiger partial charge is 0.155 e. The van der Waals surface area contributed by atoms with Crippen molar-refractivity contribution in [2.75, 3.05) is 6.61 Å². The molecule has 0 amide bonds. The summed E-state index contributed by atoms with van der Waals surface area (Å²) in [6, 6.07) is 0. The number of aromatic nitrogens is 2. The van der Waals surface area contributed by atoms with E-state index in [1.54, 1.807) is 18.7 Å².